The van der Waals surface area contributed by atoms with Gasteiger partial charge in [0.25, 0.3) is 5.56 Å². The van der Waals surface area contributed by atoms with Crippen molar-refractivity contribution in [1.82, 2.24) is 14.4 Å². The molecular weight excluding hydrogens is 354 g/mol. The molecule has 1 aromatic heterocycles. The van der Waals surface area contributed by atoms with Crippen LogP contribution in [0.2, 0.25) is 0 Å². The van der Waals surface area contributed by atoms with E-state index in [-0.39, 0.29) is 17.4 Å². The molecule has 0 aliphatic carbocycles. The first-order valence-electron chi connectivity index (χ1n) is 10.00. The number of ether oxygens (including phenoxy) is 1. The lowest BCUT2D eigenvalue weighted by Gasteiger charge is -2.39. The number of hydrogen-bond donors (Lipinski definition) is 1. The summed E-state index contributed by atoms with van der Waals surface area (Å²) >= 11 is 0. The first-order valence-corrected chi connectivity index (χ1v) is 10.00. The number of piperazine rings is 1. The highest BCUT2D eigenvalue weighted by Crippen LogP contribution is 2.33. The van der Waals surface area contributed by atoms with Gasteiger partial charge < -0.3 is 19.3 Å². The van der Waals surface area contributed by atoms with Crippen molar-refractivity contribution in [2.45, 2.75) is 26.4 Å². The molecule has 0 radical (unpaired) electrons. The van der Waals surface area contributed by atoms with E-state index in [1.54, 1.807) is 17.7 Å². The van der Waals surface area contributed by atoms with Gasteiger partial charge in [-0.25, -0.2) is 0 Å². The monoisotopic (exact) mass is 385 g/mol. The normalized spacial score (nSPS) is 17.0. The second-order valence-electron chi connectivity index (χ2n) is 7.32. The van der Waals surface area contributed by atoms with E-state index in [1.807, 2.05) is 37.3 Å². The molecule has 1 aromatic carbocycles. The molecule has 1 fully saturated rings. The Morgan fingerprint density at radius 3 is 2.43 bits per heavy atom. The lowest BCUT2D eigenvalue weighted by atomic mass is 9.96. The van der Waals surface area contributed by atoms with Gasteiger partial charge in [-0.05, 0) is 25.1 Å². The SMILES string of the molecule is CCN1CCN([C@@H](c2ccccc2)c2c(O)cc(C)n(CCOC)c2=O)CC1. The number of aromatic hydroxyl groups is 1. The third kappa shape index (κ3) is 4.29. The molecule has 2 aromatic rings. The van der Waals surface area contributed by atoms with Crippen LogP contribution in [0.3, 0.4) is 0 Å². The molecular formula is C22H31N3O3. The smallest absolute Gasteiger partial charge is 0.259 e. The molecule has 1 aliphatic heterocycles. The maximum atomic E-state index is 13.4. The quantitative estimate of drug-likeness (QED) is 0.792. The van der Waals surface area contributed by atoms with Crippen molar-refractivity contribution in [3.05, 3.63) is 63.6 Å². The zero-order chi connectivity index (χ0) is 20.1. The predicted molar refractivity (Wildman–Crippen MR) is 111 cm³/mol. The van der Waals surface area contributed by atoms with Gasteiger partial charge in [-0.1, -0.05) is 37.3 Å². The molecule has 1 atom stereocenters. The number of pyridine rings is 1. The number of aryl methyl sites for hydroxylation is 1. The summed E-state index contributed by atoms with van der Waals surface area (Å²) in [5.41, 5.74) is 2.09. The number of likely N-dealkylation sites (N-methyl/N-ethyl adjacent to an activating group) is 1. The van der Waals surface area contributed by atoms with E-state index in [0.29, 0.717) is 18.7 Å². The molecule has 1 saturated heterocycles. The largest absolute Gasteiger partial charge is 0.507 e. The molecule has 0 bridgehead atoms. The van der Waals surface area contributed by atoms with E-state index in [2.05, 4.69) is 16.7 Å². The first kappa shape index (κ1) is 20.6. The van der Waals surface area contributed by atoms with Crippen LogP contribution < -0.4 is 5.56 Å². The van der Waals surface area contributed by atoms with E-state index in [9.17, 15) is 9.90 Å². The van der Waals surface area contributed by atoms with Gasteiger partial charge in [0.05, 0.1) is 18.2 Å². The Morgan fingerprint density at radius 2 is 1.82 bits per heavy atom. The van der Waals surface area contributed by atoms with Crippen LogP contribution in [-0.2, 0) is 11.3 Å². The number of aromatic nitrogens is 1. The van der Waals surface area contributed by atoms with E-state index in [1.165, 1.54) is 0 Å². The third-order valence-corrected chi connectivity index (χ3v) is 5.65. The number of benzene rings is 1. The average Bonchev–Trinajstić information content (AvgIpc) is 2.71. The molecule has 2 heterocycles. The number of nitrogens with zero attached hydrogens (tertiary/aromatic N) is 3. The lowest BCUT2D eigenvalue weighted by Crippen LogP contribution is -2.48. The second kappa shape index (κ2) is 9.37. The summed E-state index contributed by atoms with van der Waals surface area (Å²) in [6.07, 6.45) is 0. The first-order chi connectivity index (χ1) is 13.6. The Bertz CT molecular complexity index is 827. The van der Waals surface area contributed by atoms with Crippen LogP contribution in [0, 0.1) is 6.92 Å². The molecule has 1 aliphatic rings. The van der Waals surface area contributed by atoms with Crippen LogP contribution in [0.5, 0.6) is 5.75 Å². The van der Waals surface area contributed by atoms with Crippen molar-refractivity contribution in [2.24, 2.45) is 0 Å². The molecule has 3 rings (SSSR count). The molecule has 0 saturated carbocycles. The van der Waals surface area contributed by atoms with Gasteiger partial charge in [-0.2, -0.15) is 0 Å². The van der Waals surface area contributed by atoms with E-state index < -0.39 is 0 Å². The Kier molecular flexibility index (Phi) is 6.88. The molecule has 152 valence electrons. The van der Waals surface area contributed by atoms with Gasteiger partial charge in [-0.15, -0.1) is 0 Å². The standard InChI is InChI=1S/C22H31N3O3/c1-4-23-10-12-24(13-11-23)21(18-8-6-5-7-9-18)20-19(26)16-17(2)25(22(20)27)14-15-28-3/h5-9,16,21,26H,4,10-15H2,1-3H3/t21-/m0/s1. The summed E-state index contributed by atoms with van der Waals surface area (Å²) < 4.78 is 6.88. The Morgan fingerprint density at radius 1 is 1.14 bits per heavy atom. The van der Waals surface area contributed by atoms with Gasteiger partial charge in [0.15, 0.2) is 0 Å². The van der Waals surface area contributed by atoms with Crippen LogP contribution in [-0.4, -0.2) is 65.9 Å². The summed E-state index contributed by atoms with van der Waals surface area (Å²) in [5, 5.41) is 10.8. The molecule has 0 spiro atoms. The van der Waals surface area contributed by atoms with Crippen LogP contribution in [0.25, 0.3) is 0 Å². The van der Waals surface area contributed by atoms with Crippen molar-refractivity contribution in [2.75, 3.05) is 46.4 Å². The number of rotatable bonds is 7. The van der Waals surface area contributed by atoms with Crippen LogP contribution in [0.1, 0.15) is 29.8 Å². The molecule has 1 N–H and O–H groups in total. The van der Waals surface area contributed by atoms with Crippen LogP contribution >= 0.6 is 0 Å². The Labute approximate surface area is 167 Å². The van der Waals surface area contributed by atoms with Gasteiger partial charge in [0, 0.05) is 45.5 Å². The summed E-state index contributed by atoms with van der Waals surface area (Å²) in [6.45, 7) is 9.62. The second-order valence-corrected chi connectivity index (χ2v) is 7.32. The Balaban J connectivity index is 2.07. The highest BCUT2D eigenvalue weighted by Gasteiger charge is 2.31. The average molecular weight is 386 g/mol. The molecule has 0 amide bonds. The maximum absolute atomic E-state index is 13.4. The fourth-order valence-electron chi connectivity index (χ4n) is 4.02. The highest BCUT2D eigenvalue weighted by molar-refractivity contribution is 5.41. The van der Waals surface area contributed by atoms with Gasteiger partial charge in [-0.3, -0.25) is 9.69 Å². The zero-order valence-corrected chi connectivity index (χ0v) is 17.1. The summed E-state index contributed by atoms with van der Waals surface area (Å²) in [6, 6.07) is 11.5. The van der Waals surface area contributed by atoms with Gasteiger partial charge in [0.2, 0.25) is 0 Å². The third-order valence-electron chi connectivity index (χ3n) is 5.65. The molecule has 28 heavy (non-hydrogen) atoms. The lowest BCUT2D eigenvalue weighted by molar-refractivity contribution is 0.111. The van der Waals surface area contributed by atoms with E-state index >= 15 is 0 Å². The molecule has 6 nitrogen and oxygen atoms in total. The van der Waals surface area contributed by atoms with Crippen LogP contribution in [0.15, 0.2) is 41.2 Å². The fraction of sp³-hybridized carbons (Fsp3) is 0.500. The van der Waals surface area contributed by atoms with Crippen molar-refractivity contribution in [3.63, 3.8) is 0 Å². The fourth-order valence-corrected chi connectivity index (χ4v) is 4.02. The van der Waals surface area contributed by atoms with Gasteiger partial charge >= 0.3 is 0 Å². The van der Waals surface area contributed by atoms with E-state index in [0.717, 1.165) is 44.0 Å². The van der Waals surface area contributed by atoms with Crippen molar-refractivity contribution >= 4 is 0 Å². The summed E-state index contributed by atoms with van der Waals surface area (Å²) in [7, 11) is 1.63. The number of methoxy groups -OCH3 is 1. The summed E-state index contributed by atoms with van der Waals surface area (Å²) in [5.74, 6) is 0.0722. The topological polar surface area (TPSA) is 57.9 Å². The van der Waals surface area contributed by atoms with Crippen molar-refractivity contribution in [1.29, 1.82) is 0 Å². The number of hydrogen-bond acceptors (Lipinski definition) is 5. The van der Waals surface area contributed by atoms with Gasteiger partial charge in [0.1, 0.15) is 5.75 Å². The highest BCUT2D eigenvalue weighted by atomic mass is 16.5. The molecule has 6 heteroatoms. The Hall–Kier alpha value is -2.15. The van der Waals surface area contributed by atoms with Crippen molar-refractivity contribution < 1.29 is 9.84 Å². The predicted octanol–water partition coefficient (Wildman–Crippen LogP) is 2.24. The maximum Gasteiger partial charge on any atom is 0.259 e. The zero-order valence-electron chi connectivity index (χ0n) is 17.1. The van der Waals surface area contributed by atoms with Crippen molar-refractivity contribution in [3.8, 4) is 5.75 Å². The summed E-state index contributed by atoms with van der Waals surface area (Å²) in [4.78, 5) is 18.1. The van der Waals surface area contributed by atoms with E-state index in [4.69, 9.17) is 4.74 Å². The van der Waals surface area contributed by atoms with Crippen LogP contribution in [0.4, 0.5) is 0 Å². The molecule has 0 unspecified atom stereocenters. The minimum atomic E-state index is -0.262. The minimum absolute atomic E-state index is 0.0722. The minimum Gasteiger partial charge on any atom is -0.507 e.